The summed E-state index contributed by atoms with van der Waals surface area (Å²) in [5.74, 6) is 0.389. The van der Waals surface area contributed by atoms with E-state index in [2.05, 4.69) is 12.2 Å². The quantitative estimate of drug-likeness (QED) is 0.850. The van der Waals surface area contributed by atoms with Crippen LogP contribution in [0.3, 0.4) is 0 Å². The molecule has 19 heavy (non-hydrogen) atoms. The molecule has 1 fully saturated rings. The lowest BCUT2D eigenvalue weighted by molar-refractivity contribution is 0.0535. The van der Waals surface area contributed by atoms with E-state index in [0.717, 1.165) is 39.0 Å². The van der Waals surface area contributed by atoms with Gasteiger partial charge in [-0.05, 0) is 31.2 Å². The standard InChI is InChI=1S/C14H23N3O2/c1-2-5-17-9-12(15)7-13(17)14(18)16-8-11-4-3-6-19-10-11/h7,9,11H,2-6,8,10,15H2,1H3,(H,16,18). The van der Waals surface area contributed by atoms with Gasteiger partial charge in [-0.15, -0.1) is 0 Å². The zero-order valence-corrected chi connectivity index (χ0v) is 11.5. The Morgan fingerprint density at radius 3 is 3.16 bits per heavy atom. The number of hydrogen-bond acceptors (Lipinski definition) is 3. The number of anilines is 1. The maximum atomic E-state index is 12.2. The van der Waals surface area contributed by atoms with E-state index < -0.39 is 0 Å². The minimum Gasteiger partial charge on any atom is -0.397 e. The van der Waals surface area contributed by atoms with Gasteiger partial charge in [0.1, 0.15) is 5.69 Å². The molecule has 106 valence electrons. The molecular weight excluding hydrogens is 242 g/mol. The first-order valence-corrected chi connectivity index (χ1v) is 7.02. The van der Waals surface area contributed by atoms with E-state index >= 15 is 0 Å². The van der Waals surface area contributed by atoms with Gasteiger partial charge >= 0.3 is 0 Å². The number of amides is 1. The molecule has 1 aliphatic heterocycles. The van der Waals surface area contributed by atoms with Gasteiger partial charge in [0.25, 0.3) is 5.91 Å². The number of nitrogens with one attached hydrogen (secondary N) is 1. The number of nitrogen functional groups attached to an aromatic ring is 1. The topological polar surface area (TPSA) is 69.3 Å². The molecule has 1 aromatic rings. The average molecular weight is 265 g/mol. The van der Waals surface area contributed by atoms with Gasteiger partial charge in [0.2, 0.25) is 0 Å². The van der Waals surface area contributed by atoms with Gasteiger partial charge < -0.3 is 20.4 Å². The van der Waals surface area contributed by atoms with E-state index in [-0.39, 0.29) is 5.91 Å². The van der Waals surface area contributed by atoms with Crippen molar-refractivity contribution in [1.29, 1.82) is 0 Å². The number of rotatable bonds is 5. The number of aromatic nitrogens is 1. The van der Waals surface area contributed by atoms with Crippen molar-refractivity contribution in [2.45, 2.75) is 32.7 Å². The van der Waals surface area contributed by atoms with Crippen molar-refractivity contribution in [1.82, 2.24) is 9.88 Å². The van der Waals surface area contributed by atoms with Crippen LogP contribution in [-0.2, 0) is 11.3 Å². The molecule has 0 radical (unpaired) electrons. The first kappa shape index (κ1) is 13.9. The Morgan fingerprint density at radius 1 is 1.63 bits per heavy atom. The monoisotopic (exact) mass is 265 g/mol. The molecule has 1 unspecified atom stereocenters. The Bertz CT molecular complexity index is 422. The summed E-state index contributed by atoms with van der Waals surface area (Å²) in [6.45, 7) is 5.17. The molecule has 2 rings (SSSR count). The third kappa shape index (κ3) is 3.73. The van der Waals surface area contributed by atoms with E-state index in [9.17, 15) is 4.79 Å². The highest BCUT2D eigenvalue weighted by Crippen LogP contribution is 2.14. The number of nitrogens with zero attached hydrogens (tertiary/aromatic N) is 1. The molecule has 0 saturated carbocycles. The fourth-order valence-corrected chi connectivity index (χ4v) is 2.45. The first-order chi connectivity index (χ1) is 9.20. The lowest BCUT2D eigenvalue weighted by Gasteiger charge is -2.22. The van der Waals surface area contributed by atoms with Crippen molar-refractivity contribution in [3.05, 3.63) is 18.0 Å². The van der Waals surface area contributed by atoms with Crippen LogP contribution in [0.15, 0.2) is 12.3 Å². The maximum Gasteiger partial charge on any atom is 0.267 e. The van der Waals surface area contributed by atoms with Gasteiger partial charge in [-0.2, -0.15) is 0 Å². The van der Waals surface area contributed by atoms with Crippen LogP contribution in [0.1, 0.15) is 36.7 Å². The van der Waals surface area contributed by atoms with Crippen molar-refractivity contribution < 1.29 is 9.53 Å². The van der Waals surface area contributed by atoms with Gasteiger partial charge in [0.05, 0.1) is 12.3 Å². The molecule has 5 nitrogen and oxygen atoms in total. The predicted molar refractivity (Wildman–Crippen MR) is 75.0 cm³/mol. The van der Waals surface area contributed by atoms with E-state index in [1.54, 1.807) is 6.07 Å². The third-order valence-electron chi connectivity index (χ3n) is 3.42. The number of hydrogen-bond donors (Lipinski definition) is 2. The van der Waals surface area contributed by atoms with Crippen LogP contribution >= 0.6 is 0 Å². The van der Waals surface area contributed by atoms with Crippen LogP contribution < -0.4 is 11.1 Å². The van der Waals surface area contributed by atoms with Crippen molar-refractivity contribution in [2.24, 2.45) is 5.92 Å². The van der Waals surface area contributed by atoms with E-state index in [4.69, 9.17) is 10.5 Å². The minimum atomic E-state index is -0.0456. The number of carbonyl (C=O) groups is 1. The Morgan fingerprint density at radius 2 is 2.47 bits per heavy atom. The first-order valence-electron chi connectivity index (χ1n) is 7.02. The Labute approximate surface area is 114 Å². The summed E-state index contributed by atoms with van der Waals surface area (Å²) < 4.78 is 7.33. The van der Waals surface area contributed by atoms with Gasteiger partial charge in [-0.1, -0.05) is 6.92 Å². The van der Waals surface area contributed by atoms with Gasteiger partial charge in [0.15, 0.2) is 0 Å². The Hall–Kier alpha value is -1.49. The highest BCUT2D eigenvalue weighted by atomic mass is 16.5. The van der Waals surface area contributed by atoms with E-state index in [0.29, 0.717) is 23.8 Å². The van der Waals surface area contributed by atoms with Gasteiger partial charge in [-0.3, -0.25) is 4.79 Å². The fraction of sp³-hybridized carbons (Fsp3) is 0.643. The summed E-state index contributed by atoms with van der Waals surface area (Å²) in [5, 5.41) is 2.99. The molecule has 1 atom stereocenters. The van der Waals surface area contributed by atoms with Crippen molar-refractivity contribution in [3.63, 3.8) is 0 Å². The summed E-state index contributed by atoms with van der Waals surface area (Å²) in [6.07, 6.45) is 5.01. The number of carbonyl (C=O) groups excluding carboxylic acids is 1. The molecule has 1 saturated heterocycles. The van der Waals surface area contributed by atoms with Crippen LogP contribution in [0.2, 0.25) is 0 Å². The van der Waals surface area contributed by atoms with Gasteiger partial charge in [-0.25, -0.2) is 0 Å². The summed E-state index contributed by atoms with van der Waals surface area (Å²) in [6, 6.07) is 1.74. The molecule has 1 amide bonds. The summed E-state index contributed by atoms with van der Waals surface area (Å²) in [4.78, 5) is 12.2. The van der Waals surface area contributed by atoms with Crippen LogP contribution in [0.5, 0.6) is 0 Å². The van der Waals surface area contributed by atoms with Crippen LogP contribution in [-0.4, -0.2) is 30.2 Å². The molecule has 3 N–H and O–H groups in total. The average Bonchev–Trinajstić information content (AvgIpc) is 2.79. The molecule has 0 aliphatic carbocycles. The number of aryl methyl sites for hydroxylation is 1. The van der Waals surface area contributed by atoms with Crippen LogP contribution in [0.4, 0.5) is 5.69 Å². The maximum absolute atomic E-state index is 12.2. The Kier molecular flexibility index (Phi) is 4.85. The van der Waals surface area contributed by atoms with E-state index in [1.165, 1.54) is 0 Å². The molecule has 0 aromatic carbocycles. The molecule has 0 spiro atoms. The number of nitrogens with two attached hydrogens (primary N) is 1. The second-order valence-corrected chi connectivity index (χ2v) is 5.15. The highest BCUT2D eigenvalue weighted by Gasteiger charge is 2.17. The SMILES string of the molecule is CCCn1cc(N)cc1C(=O)NCC1CCCOC1. The van der Waals surface area contributed by atoms with E-state index in [1.807, 2.05) is 10.8 Å². The summed E-state index contributed by atoms with van der Waals surface area (Å²) >= 11 is 0. The third-order valence-corrected chi connectivity index (χ3v) is 3.42. The smallest absolute Gasteiger partial charge is 0.267 e. The van der Waals surface area contributed by atoms with Crippen LogP contribution in [0, 0.1) is 5.92 Å². The second-order valence-electron chi connectivity index (χ2n) is 5.15. The highest BCUT2D eigenvalue weighted by molar-refractivity contribution is 5.93. The molecule has 1 aromatic heterocycles. The molecule has 1 aliphatic rings. The molecule has 0 bridgehead atoms. The fourth-order valence-electron chi connectivity index (χ4n) is 2.45. The lowest BCUT2D eigenvalue weighted by atomic mass is 10.0. The zero-order valence-electron chi connectivity index (χ0n) is 11.5. The Balaban J connectivity index is 1.91. The zero-order chi connectivity index (χ0) is 13.7. The van der Waals surface area contributed by atoms with Crippen molar-refractivity contribution >= 4 is 11.6 Å². The summed E-state index contributed by atoms with van der Waals surface area (Å²) in [7, 11) is 0. The van der Waals surface area contributed by atoms with Crippen LogP contribution in [0.25, 0.3) is 0 Å². The molecule has 5 heteroatoms. The largest absolute Gasteiger partial charge is 0.397 e. The van der Waals surface area contributed by atoms with Gasteiger partial charge in [0, 0.05) is 25.9 Å². The molecule has 2 heterocycles. The second kappa shape index (κ2) is 6.61. The summed E-state index contributed by atoms with van der Waals surface area (Å²) in [5.41, 5.74) is 7.05. The minimum absolute atomic E-state index is 0.0456. The number of ether oxygens (including phenoxy) is 1. The normalized spacial score (nSPS) is 19.3. The van der Waals surface area contributed by atoms with Crippen molar-refractivity contribution in [2.75, 3.05) is 25.5 Å². The lowest BCUT2D eigenvalue weighted by Crippen LogP contribution is -2.34. The molecular formula is C14H23N3O2. The van der Waals surface area contributed by atoms with Crippen molar-refractivity contribution in [3.8, 4) is 0 Å². The predicted octanol–water partition coefficient (Wildman–Crippen LogP) is 1.64.